The van der Waals surface area contributed by atoms with Gasteiger partial charge in [0.1, 0.15) is 0 Å². The summed E-state index contributed by atoms with van der Waals surface area (Å²) in [7, 11) is 0. The molecule has 2 atom stereocenters. The molecule has 2 saturated heterocycles. The number of likely N-dealkylation sites (tertiary alicyclic amines) is 2. The molecule has 0 spiro atoms. The zero-order valence-corrected chi connectivity index (χ0v) is 22.9. The minimum Gasteiger partial charge on any atom is -0.298 e. The highest BCUT2D eigenvalue weighted by Gasteiger charge is 2.46. The van der Waals surface area contributed by atoms with Crippen LogP contribution in [0.25, 0.3) is 0 Å². The third kappa shape index (κ3) is 5.83. The van der Waals surface area contributed by atoms with E-state index in [9.17, 15) is 0 Å². The molecule has 0 N–H and O–H groups in total. The van der Waals surface area contributed by atoms with Crippen LogP contribution in [0.15, 0.2) is 0 Å². The molecule has 2 heteroatoms. The van der Waals surface area contributed by atoms with Crippen LogP contribution in [0, 0.1) is 28.1 Å². The van der Waals surface area contributed by atoms with E-state index in [4.69, 9.17) is 0 Å². The van der Waals surface area contributed by atoms with Gasteiger partial charge in [-0.1, -0.05) is 41.5 Å². The SMILES string of the molecule is CC1CN(C(C)(C)C)CCC1C(C)(C)CCC(C)(C)C1(C)CCN(C(C)(C)C)CC1. The van der Waals surface area contributed by atoms with Crippen molar-refractivity contribution in [2.75, 3.05) is 26.2 Å². The van der Waals surface area contributed by atoms with Crippen molar-refractivity contribution in [3.63, 3.8) is 0 Å². The van der Waals surface area contributed by atoms with E-state index in [2.05, 4.69) is 92.9 Å². The Morgan fingerprint density at radius 2 is 1.23 bits per heavy atom. The largest absolute Gasteiger partial charge is 0.298 e. The molecule has 178 valence electrons. The standard InChI is InChI=1S/C28H56N2/c1-22-21-30(25(5,6)7)18-13-23(22)26(8,9)14-15-27(10,11)28(12)16-19-29(20-17-28)24(2,3)4/h22-23H,13-21H2,1-12H3. The van der Waals surface area contributed by atoms with Gasteiger partial charge in [0.25, 0.3) is 0 Å². The van der Waals surface area contributed by atoms with Crippen LogP contribution >= 0.6 is 0 Å². The smallest absolute Gasteiger partial charge is 0.0125 e. The predicted octanol–water partition coefficient (Wildman–Crippen LogP) is 7.48. The van der Waals surface area contributed by atoms with Crippen molar-refractivity contribution in [1.29, 1.82) is 0 Å². The van der Waals surface area contributed by atoms with Crippen molar-refractivity contribution in [3.8, 4) is 0 Å². The fraction of sp³-hybridized carbons (Fsp3) is 1.00. The maximum Gasteiger partial charge on any atom is 0.0125 e. The highest BCUT2D eigenvalue weighted by atomic mass is 15.2. The highest BCUT2D eigenvalue weighted by Crippen LogP contribution is 2.53. The molecule has 0 aromatic heterocycles. The van der Waals surface area contributed by atoms with Crippen molar-refractivity contribution >= 4 is 0 Å². The molecule has 2 heterocycles. The molecule has 2 aliphatic rings. The zero-order valence-electron chi connectivity index (χ0n) is 22.9. The van der Waals surface area contributed by atoms with Crippen LogP contribution in [0.1, 0.15) is 115 Å². The zero-order chi connectivity index (χ0) is 23.2. The fourth-order valence-corrected chi connectivity index (χ4v) is 6.39. The molecule has 2 aliphatic heterocycles. The molecule has 0 aromatic rings. The summed E-state index contributed by atoms with van der Waals surface area (Å²) in [4.78, 5) is 5.40. The van der Waals surface area contributed by atoms with E-state index in [0.29, 0.717) is 27.3 Å². The summed E-state index contributed by atoms with van der Waals surface area (Å²) < 4.78 is 0. The van der Waals surface area contributed by atoms with Gasteiger partial charge >= 0.3 is 0 Å². The Labute approximate surface area is 190 Å². The van der Waals surface area contributed by atoms with Gasteiger partial charge in [0.15, 0.2) is 0 Å². The van der Waals surface area contributed by atoms with E-state index < -0.39 is 0 Å². The van der Waals surface area contributed by atoms with E-state index >= 15 is 0 Å². The quantitative estimate of drug-likeness (QED) is 0.455. The summed E-state index contributed by atoms with van der Waals surface area (Å²) in [6.45, 7) is 34.7. The maximum absolute atomic E-state index is 2.71. The van der Waals surface area contributed by atoms with Crippen LogP contribution in [0.2, 0.25) is 0 Å². The minimum atomic E-state index is 0.307. The van der Waals surface area contributed by atoms with Gasteiger partial charge in [-0.05, 0) is 121 Å². The van der Waals surface area contributed by atoms with Crippen LogP contribution in [0.4, 0.5) is 0 Å². The van der Waals surface area contributed by atoms with Gasteiger partial charge in [0, 0.05) is 17.6 Å². The Kier molecular flexibility index (Phi) is 7.59. The first-order valence-electron chi connectivity index (χ1n) is 12.9. The third-order valence-corrected chi connectivity index (χ3v) is 9.70. The van der Waals surface area contributed by atoms with E-state index in [-0.39, 0.29) is 0 Å². The van der Waals surface area contributed by atoms with Crippen molar-refractivity contribution in [1.82, 2.24) is 9.80 Å². The van der Waals surface area contributed by atoms with Gasteiger partial charge < -0.3 is 0 Å². The Balaban J connectivity index is 1.97. The fourth-order valence-electron chi connectivity index (χ4n) is 6.39. The molecular formula is C28H56N2. The Hall–Kier alpha value is -0.0800. The van der Waals surface area contributed by atoms with E-state index in [0.717, 1.165) is 11.8 Å². The number of rotatable bonds is 5. The van der Waals surface area contributed by atoms with E-state index in [1.54, 1.807) is 0 Å². The molecule has 30 heavy (non-hydrogen) atoms. The van der Waals surface area contributed by atoms with Crippen LogP contribution in [0.5, 0.6) is 0 Å². The van der Waals surface area contributed by atoms with Gasteiger partial charge in [-0.15, -0.1) is 0 Å². The second-order valence-corrected chi connectivity index (χ2v) is 14.6. The van der Waals surface area contributed by atoms with Gasteiger partial charge in [-0.3, -0.25) is 9.80 Å². The topological polar surface area (TPSA) is 6.48 Å². The van der Waals surface area contributed by atoms with Crippen LogP contribution in [-0.4, -0.2) is 47.1 Å². The van der Waals surface area contributed by atoms with Crippen molar-refractivity contribution in [2.45, 2.75) is 126 Å². The summed E-state index contributed by atoms with van der Waals surface area (Å²) >= 11 is 0. The molecule has 0 saturated carbocycles. The van der Waals surface area contributed by atoms with Crippen molar-refractivity contribution in [2.24, 2.45) is 28.1 Å². The minimum absolute atomic E-state index is 0.307. The van der Waals surface area contributed by atoms with Crippen molar-refractivity contribution in [3.05, 3.63) is 0 Å². The molecule has 2 nitrogen and oxygen atoms in total. The molecule has 2 fully saturated rings. The number of piperidine rings is 2. The van der Waals surface area contributed by atoms with Crippen LogP contribution in [-0.2, 0) is 0 Å². The second kappa shape index (κ2) is 8.69. The normalized spacial score (nSPS) is 28.0. The molecular weight excluding hydrogens is 364 g/mol. The molecule has 2 unspecified atom stereocenters. The van der Waals surface area contributed by atoms with Gasteiger partial charge in [0.05, 0.1) is 0 Å². The van der Waals surface area contributed by atoms with Crippen molar-refractivity contribution < 1.29 is 0 Å². The van der Waals surface area contributed by atoms with Crippen LogP contribution in [0.3, 0.4) is 0 Å². The first kappa shape index (κ1) is 26.2. The maximum atomic E-state index is 2.71. The molecule has 0 aliphatic carbocycles. The first-order chi connectivity index (χ1) is 13.4. The second-order valence-electron chi connectivity index (χ2n) is 14.6. The Morgan fingerprint density at radius 3 is 1.67 bits per heavy atom. The van der Waals surface area contributed by atoms with Gasteiger partial charge in [-0.2, -0.15) is 0 Å². The summed E-state index contributed by atoms with van der Waals surface area (Å²) in [5.74, 6) is 1.64. The molecule has 0 radical (unpaired) electrons. The average Bonchev–Trinajstić information content (AvgIpc) is 2.58. The Bertz CT molecular complexity index is 552. The third-order valence-electron chi connectivity index (χ3n) is 9.70. The Morgan fingerprint density at radius 1 is 0.733 bits per heavy atom. The number of nitrogens with zero attached hydrogens (tertiary/aromatic N) is 2. The highest BCUT2D eigenvalue weighted by molar-refractivity contribution is 4.97. The monoisotopic (exact) mass is 420 g/mol. The van der Waals surface area contributed by atoms with E-state index in [1.807, 2.05) is 0 Å². The van der Waals surface area contributed by atoms with Crippen LogP contribution < -0.4 is 0 Å². The first-order valence-corrected chi connectivity index (χ1v) is 12.9. The predicted molar refractivity (Wildman–Crippen MR) is 134 cm³/mol. The number of hydrogen-bond acceptors (Lipinski definition) is 2. The number of hydrogen-bond donors (Lipinski definition) is 0. The van der Waals surface area contributed by atoms with Gasteiger partial charge in [-0.25, -0.2) is 0 Å². The average molecular weight is 421 g/mol. The summed E-state index contributed by atoms with van der Waals surface area (Å²) in [6, 6.07) is 0. The lowest BCUT2D eigenvalue weighted by Gasteiger charge is -2.53. The van der Waals surface area contributed by atoms with Gasteiger partial charge in [0.2, 0.25) is 0 Å². The lowest BCUT2D eigenvalue weighted by molar-refractivity contribution is -0.0374. The lowest BCUT2D eigenvalue weighted by atomic mass is 9.57. The lowest BCUT2D eigenvalue weighted by Crippen LogP contribution is -2.52. The molecule has 0 bridgehead atoms. The van der Waals surface area contributed by atoms with E-state index in [1.165, 1.54) is 58.3 Å². The molecule has 0 amide bonds. The summed E-state index contributed by atoms with van der Waals surface area (Å²) in [5, 5.41) is 0. The molecule has 0 aromatic carbocycles. The summed E-state index contributed by atoms with van der Waals surface area (Å²) in [6.07, 6.45) is 6.78. The molecule has 2 rings (SSSR count). The summed E-state index contributed by atoms with van der Waals surface area (Å²) in [5.41, 5.74) is 1.92.